The van der Waals surface area contributed by atoms with E-state index in [1.54, 1.807) is 42.7 Å². The van der Waals surface area contributed by atoms with Crippen molar-refractivity contribution in [3.05, 3.63) is 84.8 Å². The first-order valence-electron chi connectivity index (χ1n) is 8.40. The molecule has 28 heavy (non-hydrogen) atoms. The Bertz CT molecular complexity index is 978. The van der Waals surface area contributed by atoms with Gasteiger partial charge in [0.1, 0.15) is 17.3 Å². The van der Waals surface area contributed by atoms with Crippen molar-refractivity contribution < 1.29 is 13.9 Å². The van der Waals surface area contributed by atoms with Gasteiger partial charge in [-0.05, 0) is 36.4 Å². The first-order valence-corrected chi connectivity index (χ1v) is 8.40. The summed E-state index contributed by atoms with van der Waals surface area (Å²) in [5.41, 5.74) is 2.72. The van der Waals surface area contributed by atoms with E-state index in [1.165, 1.54) is 6.21 Å². The van der Waals surface area contributed by atoms with Crippen LogP contribution in [0.1, 0.15) is 5.76 Å². The predicted molar refractivity (Wildman–Crippen MR) is 103 cm³/mol. The van der Waals surface area contributed by atoms with Crippen LogP contribution in [0.4, 0.5) is 5.95 Å². The van der Waals surface area contributed by atoms with Gasteiger partial charge >= 0.3 is 12.0 Å². The molecule has 138 valence electrons. The van der Waals surface area contributed by atoms with Crippen LogP contribution in [0.15, 0.2) is 88.6 Å². The zero-order valence-corrected chi connectivity index (χ0v) is 14.6. The van der Waals surface area contributed by atoms with E-state index in [0.717, 1.165) is 0 Å². The summed E-state index contributed by atoms with van der Waals surface area (Å²) in [6.45, 7) is 0. The predicted octanol–water partition coefficient (Wildman–Crippen LogP) is 4.50. The molecular weight excluding hydrogens is 358 g/mol. The second-order valence-corrected chi connectivity index (χ2v) is 5.44. The van der Waals surface area contributed by atoms with E-state index < -0.39 is 0 Å². The van der Waals surface area contributed by atoms with Crippen molar-refractivity contribution in [3.8, 4) is 23.5 Å². The van der Waals surface area contributed by atoms with E-state index in [4.69, 9.17) is 13.9 Å². The highest BCUT2D eigenvalue weighted by Gasteiger charge is 2.10. The summed E-state index contributed by atoms with van der Waals surface area (Å²) in [6, 6.07) is 22.0. The van der Waals surface area contributed by atoms with Gasteiger partial charge in [-0.15, -0.1) is 4.98 Å². The summed E-state index contributed by atoms with van der Waals surface area (Å²) in [6.07, 6.45) is 3.06. The molecule has 0 spiro atoms. The van der Waals surface area contributed by atoms with Crippen LogP contribution in [-0.4, -0.2) is 21.2 Å². The summed E-state index contributed by atoms with van der Waals surface area (Å²) < 4.78 is 16.6. The maximum absolute atomic E-state index is 5.70. The standard InChI is InChI=1S/C20H15N5O3/c1-3-8-15(9-4-1)27-19-22-18(25-21-14-17-12-7-13-26-17)23-20(24-19)28-16-10-5-2-6-11-16/h1-14H,(H,22,23,24,25)/b21-14+. The van der Waals surface area contributed by atoms with Crippen molar-refractivity contribution in [2.75, 3.05) is 5.43 Å². The first-order chi connectivity index (χ1) is 13.8. The summed E-state index contributed by atoms with van der Waals surface area (Å²) in [5, 5.41) is 4.05. The van der Waals surface area contributed by atoms with Gasteiger partial charge < -0.3 is 13.9 Å². The van der Waals surface area contributed by atoms with Gasteiger partial charge in [-0.25, -0.2) is 5.43 Å². The van der Waals surface area contributed by atoms with E-state index in [0.29, 0.717) is 17.3 Å². The van der Waals surface area contributed by atoms with E-state index in [2.05, 4.69) is 25.5 Å². The minimum Gasteiger partial charge on any atom is -0.463 e. The second-order valence-electron chi connectivity index (χ2n) is 5.44. The van der Waals surface area contributed by atoms with Crippen LogP contribution in [0, 0.1) is 0 Å². The van der Waals surface area contributed by atoms with E-state index in [-0.39, 0.29) is 18.0 Å². The molecular formula is C20H15N5O3. The van der Waals surface area contributed by atoms with Gasteiger partial charge in [0, 0.05) is 0 Å². The fourth-order valence-corrected chi connectivity index (χ4v) is 2.19. The number of ether oxygens (including phenoxy) is 2. The average molecular weight is 373 g/mol. The third-order valence-corrected chi connectivity index (χ3v) is 3.40. The molecule has 0 fully saturated rings. The van der Waals surface area contributed by atoms with Crippen molar-refractivity contribution in [2.24, 2.45) is 5.10 Å². The number of rotatable bonds is 7. The zero-order chi connectivity index (χ0) is 19.0. The lowest BCUT2D eigenvalue weighted by Gasteiger charge is -2.08. The van der Waals surface area contributed by atoms with Crippen LogP contribution >= 0.6 is 0 Å². The van der Waals surface area contributed by atoms with Crippen LogP contribution in [0.25, 0.3) is 0 Å². The van der Waals surface area contributed by atoms with E-state index in [9.17, 15) is 0 Å². The summed E-state index contributed by atoms with van der Waals surface area (Å²) in [5.74, 6) is 1.92. The Balaban J connectivity index is 1.58. The summed E-state index contributed by atoms with van der Waals surface area (Å²) in [7, 11) is 0. The smallest absolute Gasteiger partial charge is 0.330 e. The molecule has 0 bridgehead atoms. The Morgan fingerprint density at radius 2 is 1.36 bits per heavy atom. The van der Waals surface area contributed by atoms with Crippen molar-refractivity contribution in [1.82, 2.24) is 15.0 Å². The summed E-state index contributed by atoms with van der Waals surface area (Å²) in [4.78, 5) is 12.6. The largest absolute Gasteiger partial charge is 0.463 e. The molecule has 1 N–H and O–H groups in total. The maximum atomic E-state index is 5.70. The number of hydrogen-bond donors (Lipinski definition) is 1. The highest BCUT2D eigenvalue weighted by Crippen LogP contribution is 2.23. The number of nitrogens with zero attached hydrogens (tertiary/aromatic N) is 4. The Hall–Kier alpha value is -4.20. The third-order valence-electron chi connectivity index (χ3n) is 3.40. The van der Waals surface area contributed by atoms with Crippen molar-refractivity contribution >= 4 is 12.2 Å². The van der Waals surface area contributed by atoms with Crippen LogP contribution in [0.5, 0.6) is 23.5 Å². The van der Waals surface area contributed by atoms with Gasteiger partial charge in [-0.2, -0.15) is 15.1 Å². The lowest BCUT2D eigenvalue weighted by Crippen LogP contribution is -2.03. The van der Waals surface area contributed by atoms with Crippen molar-refractivity contribution in [3.63, 3.8) is 0 Å². The molecule has 4 rings (SSSR count). The van der Waals surface area contributed by atoms with Crippen LogP contribution < -0.4 is 14.9 Å². The molecule has 8 heteroatoms. The molecule has 0 amide bonds. The van der Waals surface area contributed by atoms with Crippen LogP contribution in [0.3, 0.4) is 0 Å². The van der Waals surface area contributed by atoms with Crippen molar-refractivity contribution in [2.45, 2.75) is 0 Å². The first kappa shape index (κ1) is 17.2. The number of hydrazone groups is 1. The van der Waals surface area contributed by atoms with E-state index >= 15 is 0 Å². The molecule has 0 saturated heterocycles. The number of hydrogen-bond acceptors (Lipinski definition) is 8. The fraction of sp³-hybridized carbons (Fsp3) is 0. The lowest BCUT2D eigenvalue weighted by atomic mass is 10.3. The topological polar surface area (TPSA) is 94.7 Å². The normalized spacial score (nSPS) is 10.7. The number of benzene rings is 2. The second kappa shape index (κ2) is 8.45. The van der Waals surface area contributed by atoms with Gasteiger partial charge in [0.15, 0.2) is 0 Å². The summed E-state index contributed by atoms with van der Waals surface area (Å²) >= 11 is 0. The minimum absolute atomic E-state index is 0.0721. The monoisotopic (exact) mass is 373 g/mol. The molecule has 2 aromatic heterocycles. The number of anilines is 1. The van der Waals surface area contributed by atoms with Gasteiger partial charge in [0.05, 0.1) is 12.5 Å². The van der Waals surface area contributed by atoms with Gasteiger partial charge in [-0.1, -0.05) is 36.4 Å². The molecule has 2 aromatic carbocycles. The maximum Gasteiger partial charge on any atom is 0.330 e. The van der Waals surface area contributed by atoms with Gasteiger partial charge in [0.25, 0.3) is 5.95 Å². The lowest BCUT2D eigenvalue weighted by molar-refractivity contribution is 0.398. The van der Waals surface area contributed by atoms with Gasteiger partial charge in [-0.3, -0.25) is 0 Å². The molecule has 8 nitrogen and oxygen atoms in total. The molecule has 0 aliphatic carbocycles. The Morgan fingerprint density at radius 3 is 1.89 bits per heavy atom. The van der Waals surface area contributed by atoms with Gasteiger partial charge in [0.2, 0.25) is 0 Å². The molecule has 2 heterocycles. The highest BCUT2D eigenvalue weighted by atomic mass is 16.5. The average Bonchev–Trinajstić information content (AvgIpc) is 3.23. The third kappa shape index (κ3) is 4.70. The quantitative estimate of drug-likeness (QED) is 0.376. The van der Waals surface area contributed by atoms with Crippen LogP contribution in [-0.2, 0) is 0 Å². The Labute approximate surface area is 160 Å². The molecule has 0 saturated carbocycles. The van der Waals surface area contributed by atoms with Crippen molar-refractivity contribution in [1.29, 1.82) is 0 Å². The zero-order valence-electron chi connectivity index (χ0n) is 14.6. The number of aromatic nitrogens is 3. The molecule has 4 aromatic rings. The molecule has 0 unspecified atom stereocenters. The number of nitrogens with one attached hydrogen (secondary N) is 1. The molecule has 0 radical (unpaired) electrons. The SMILES string of the molecule is C(=N\Nc1nc(Oc2ccccc2)nc(Oc2ccccc2)n1)/c1ccco1. The number of para-hydroxylation sites is 2. The van der Waals surface area contributed by atoms with E-state index in [1.807, 2.05) is 36.4 Å². The molecule has 0 atom stereocenters. The highest BCUT2D eigenvalue weighted by molar-refractivity contribution is 5.76. The fourth-order valence-electron chi connectivity index (χ4n) is 2.19. The Kier molecular flexibility index (Phi) is 5.20. The molecule has 0 aliphatic heterocycles. The Morgan fingerprint density at radius 1 is 0.750 bits per heavy atom. The number of furan rings is 1. The molecule has 0 aliphatic rings. The minimum atomic E-state index is 0.0721. The van der Waals surface area contributed by atoms with Crippen LogP contribution in [0.2, 0.25) is 0 Å².